The maximum Gasteiger partial charge on any atom is 0.0490 e. The van der Waals surface area contributed by atoms with Crippen molar-refractivity contribution >= 4 is 0 Å². The monoisotopic (exact) mass is 215 g/mol. The first-order valence-electron chi connectivity index (χ1n) is 6.49. The van der Waals surface area contributed by atoms with Crippen molar-refractivity contribution in [2.45, 2.75) is 46.5 Å². The Morgan fingerprint density at radius 1 is 1.07 bits per heavy atom. The second kappa shape index (κ2) is 10.4. The average molecular weight is 215 g/mol. The first-order chi connectivity index (χ1) is 7.28. The maximum atomic E-state index is 5.20. The van der Waals surface area contributed by atoms with Gasteiger partial charge in [0.25, 0.3) is 0 Å². The van der Waals surface area contributed by atoms with Crippen LogP contribution in [-0.2, 0) is 4.74 Å². The summed E-state index contributed by atoms with van der Waals surface area (Å²) in [4.78, 5) is 2.50. The minimum Gasteiger partial charge on any atom is -0.384 e. The summed E-state index contributed by atoms with van der Waals surface area (Å²) in [6.45, 7) is 11.3. The molecule has 0 bridgehead atoms. The summed E-state index contributed by atoms with van der Waals surface area (Å²) in [6.07, 6.45) is 5.25. The minimum absolute atomic E-state index is 0.770. The van der Waals surface area contributed by atoms with E-state index in [2.05, 4.69) is 25.7 Å². The maximum absolute atomic E-state index is 5.20. The molecule has 92 valence electrons. The van der Waals surface area contributed by atoms with Crippen LogP contribution in [0.1, 0.15) is 46.5 Å². The number of hydrogen-bond donors (Lipinski definition) is 0. The van der Waals surface area contributed by atoms with Gasteiger partial charge in [-0.2, -0.15) is 0 Å². The topological polar surface area (TPSA) is 12.5 Å². The molecule has 0 aromatic rings. The Balaban J connectivity index is 3.42. The Hall–Kier alpha value is -0.0800. The SMILES string of the molecule is CCC(CCCCN(CC)CC)COC. The van der Waals surface area contributed by atoms with Gasteiger partial charge in [0, 0.05) is 13.7 Å². The molecule has 1 unspecified atom stereocenters. The van der Waals surface area contributed by atoms with Crippen LogP contribution in [0.5, 0.6) is 0 Å². The van der Waals surface area contributed by atoms with Gasteiger partial charge in [-0.3, -0.25) is 0 Å². The van der Waals surface area contributed by atoms with Crippen molar-refractivity contribution in [1.82, 2.24) is 4.90 Å². The lowest BCUT2D eigenvalue weighted by Crippen LogP contribution is -2.24. The molecular weight excluding hydrogens is 186 g/mol. The average Bonchev–Trinajstić information content (AvgIpc) is 2.28. The van der Waals surface area contributed by atoms with Crippen LogP contribution in [-0.4, -0.2) is 38.3 Å². The van der Waals surface area contributed by atoms with E-state index in [4.69, 9.17) is 4.74 Å². The zero-order valence-electron chi connectivity index (χ0n) is 11.1. The van der Waals surface area contributed by atoms with Gasteiger partial charge in [0.05, 0.1) is 0 Å². The van der Waals surface area contributed by atoms with Gasteiger partial charge in [0.2, 0.25) is 0 Å². The van der Waals surface area contributed by atoms with Crippen molar-refractivity contribution in [3.05, 3.63) is 0 Å². The molecule has 1 atom stereocenters. The molecule has 0 fully saturated rings. The van der Waals surface area contributed by atoms with E-state index in [1.165, 1.54) is 45.3 Å². The predicted molar refractivity (Wildman–Crippen MR) is 67.3 cm³/mol. The third kappa shape index (κ3) is 7.80. The van der Waals surface area contributed by atoms with Gasteiger partial charge in [-0.05, 0) is 38.4 Å². The van der Waals surface area contributed by atoms with Crippen LogP contribution in [0.3, 0.4) is 0 Å². The number of methoxy groups -OCH3 is 1. The van der Waals surface area contributed by atoms with Crippen LogP contribution < -0.4 is 0 Å². The molecule has 0 spiro atoms. The van der Waals surface area contributed by atoms with E-state index < -0.39 is 0 Å². The molecule has 0 saturated heterocycles. The van der Waals surface area contributed by atoms with Crippen LogP contribution in [0.2, 0.25) is 0 Å². The Labute approximate surface area is 96.0 Å². The molecule has 0 radical (unpaired) electrons. The lowest BCUT2D eigenvalue weighted by Gasteiger charge is -2.18. The number of rotatable bonds is 10. The summed E-state index contributed by atoms with van der Waals surface area (Å²) in [5.74, 6) is 0.770. The predicted octanol–water partition coefficient (Wildman–Crippen LogP) is 3.17. The zero-order valence-corrected chi connectivity index (χ0v) is 11.1. The molecular formula is C13H29NO. The van der Waals surface area contributed by atoms with Gasteiger partial charge < -0.3 is 9.64 Å². The molecule has 0 N–H and O–H groups in total. The molecule has 0 aliphatic carbocycles. The smallest absolute Gasteiger partial charge is 0.0490 e. The molecule has 0 aromatic heterocycles. The summed E-state index contributed by atoms with van der Waals surface area (Å²) in [5, 5.41) is 0. The first kappa shape index (κ1) is 14.9. The van der Waals surface area contributed by atoms with Crippen molar-refractivity contribution in [3.63, 3.8) is 0 Å². The number of ether oxygens (including phenoxy) is 1. The van der Waals surface area contributed by atoms with E-state index in [1.54, 1.807) is 7.11 Å². The minimum atomic E-state index is 0.770. The van der Waals surface area contributed by atoms with Crippen LogP contribution in [0.25, 0.3) is 0 Å². The van der Waals surface area contributed by atoms with Crippen molar-refractivity contribution in [2.75, 3.05) is 33.4 Å². The molecule has 0 saturated carbocycles. The molecule has 0 rings (SSSR count). The lowest BCUT2D eigenvalue weighted by molar-refractivity contribution is 0.143. The van der Waals surface area contributed by atoms with Gasteiger partial charge in [-0.1, -0.05) is 33.6 Å². The molecule has 2 heteroatoms. The van der Waals surface area contributed by atoms with Gasteiger partial charge in [-0.15, -0.1) is 0 Å². The third-order valence-corrected chi connectivity index (χ3v) is 3.21. The fourth-order valence-electron chi connectivity index (χ4n) is 1.95. The fraction of sp³-hybridized carbons (Fsp3) is 1.00. The van der Waals surface area contributed by atoms with Crippen LogP contribution in [0.15, 0.2) is 0 Å². The Bertz CT molecular complexity index is 124. The molecule has 0 aliphatic heterocycles. The second-order valence-electron chi connectivity index (χ2n) is 4.25. The Morgan fingerprint density at radius 2 is 1.73 bits per heavy atom. The second-order valence-corrected chi connectivity index (χ2v) is 4.25. The number of nitrogens with zero attached hydrogens (tertiary/aromatic N) is 1. The largest absolute Gasteiger partial charge is 0.384 e. The van der Waals surface area contributed by atoms with Gasteiger partial charge in [-0.25, -0.2) is 0 Å². The molecule has 0 heterocycles. The quantitative estimate of drug-likeness (QED) is 0.519. The summed E-state index contributed by atoms with van der Waals surface area (Å²) < 4.78 is 5.20. The highest BCUT2D eigenvalue weighted by atomic mass is 16.5. The van der Waals surface area contributed by atoms with Crippen molar-refractivity contribution < 1.29 is 4.74 Å². The van der Waals surface area contributed by atoms with E-state index in [1.807, 2.05) is 0 Å². The van der Waals surface area contributed by atoms with Crippen LogP contribution >= 0.6 is 0 Å². The highest BCUT2D eigenvalue weighted by Gasteiger charge is 2.05. The molecule has 0 aromatic carbocycles. The van der Waals surface area contributed by atoms with Crippen LogP contribution in [0, 0.1) is 5.92 Å². The fourth-order valence-corrected chi connectivity index (χ4v) is 1.95. The van der Waals surface area contributed by atoms with Crippen LogP contribution in [0.4, 0.5) is 0 Å². The highest BCUT2D eigenvalue weighted by molar-refractivity contribution is 4.58. The summed E-state index contributed by atoms with van der Waals surface area (Å²) in [5.41, 5.74) is 0. The molecule has 0 amide bonds. The van der Waals surface area contributed by atoms with Crippen molar-refractivity contribution in [1.29, 1.82) is 0 Å². The standard InChI is InChI=1S/C13H29NO/c1-5-13(12-15-4)10-8-9-11-14(6-2)7-3/h13H,5-12H2,1-4H3. The summed E-state index contributed by atoms with van der Waals surface area (Å²) in [7, 11) is 1.80. The number of hydrogen-bond acceptors (Lipinski definition) is 2. The molecule has 15 heavy (non-hydrogen) atoms. The lowest BCUT2D eigenvalue weighted by atomic mass is 10.0. The van der Waals surface area contributed by atoms with Crippen molar-refractivity contribution in [2.24, 2.45) is 5.92 Å². The number of unbranched alkanes of at least 4 members (excludes halogenated alkanes) is 1. The van der Waals surface area contributed by atoms with Gasteiger partial charge in [0.1, 0.15) is 0 Å². The van der Waals surface area contributed by atoms with E-state index in [9.17, 15) is 0 Å². The van der Waals surface area contributed by atoms with E-state index >= 15 is 0 Å². The first-order valence-corrected chi connectivity index (χ1v) is 6.49. The van der Waals surface area contributed by atoms with Gasteiger partial charge in [0.15, 0.2) is 0 Å². The third-order valence-electron chi connectivity index (χ3n) is 3.21. The summed E-state index contributed by atoms with van der Waals surface area (Å²) >= 11 is 0. The molecule has 2 nitrogen and oxygen atoms in total. The summed E-state index contributed by atoms with van der Waals surface area (Å²) in [6, 6.07) is 0. The van der Waals surface area contributed by atoms with E-state index in [0.29, 0.717) is 0 Å². The van der Waals surface area contributed by atoms with E-state index in [-0.39, 0.29) is 0 Å². The van der Waals surface area contributed by atoms with Gasteiger partial charge >= 0.3 is 0 Å². The highest BCUT2D eigenvalue weighted by Crippen LogP contribution is 2.12. The normalized spacial score (nSPS) is 13.4. The van der Waals surface area contributed by atoms with E-state index in [0.717, 1.165) is 12.5 Å². The molecule has 0 aliphatic rings. The Morgan fingerprint density at radius 3 is 2.20 bits per heavy atom. The van der Waals surface area contributed by atoms with Crippen molar-refractivity contribution in [3.8, 4) is 0 Å². The zero-order chi connectivity index (χ0) is 11.5. The Kier molecular flexibility index (Phi) is 10.4.